The van der Waals surface area contributed by atoms with Crippen molar-refractivity contribution in [3.05, 3.63) is 35.1 Å². The Hall–Kier alpha value is -1.98. The Morgan fingerprint density at radius 1 is 1.42 bits per heavy atom. The Balaban J connectivity index is 2.20. The number of carbonyl (C=O) groups is 2. The van der Waals surface area contributed by atoms with Gasteiger partial charge in [-0.15, -0.1) is 0 Å². The molecule has 1 aromatic rings. The van der Waals surface area contributed by atoms with Gasteiger partial charge < -0.3 is 10.0 Å². The van der Waals surface area contributed by atoms with Gasteiger partial charge >= 0.3 is 5.97 Å². The average Bonchev–Trinajstić information content (AvgIpc) is 2.73. The second-order valence-electron chi connectivity index (χ2n) is 4.71. The molecule has 1 amide bonds. The summed E-state index contributed by atoms with van der Waals surface area (Å²) in [5, 5.41) is 8.77. The predicted octanol–water partition coefficient (Wildman–Crippen LogP) is 1.77. The number of nitrogens with zero attached hydrogens (tertiary/aromatic N) is 1. The number of alkyl halides is 1. The van der Waals surface area contributed by atoms with E-state index in [-0.39, 0.29) is 18.5 Å². The van der Waals surface area contributed by atoms with E-state index in [2.05, 4.69) is 0 Å². The molecular weight excluding hydrogens is 256 g/mol. The standard InChI is InChI=1S/C13H13F2NO3/c1-8-6-9(14)2-3-10(8)11(17)16-5-4-13(15,7-16)12(18)19/h2-3,6H,4-5,7H2,1H3,(H,18,19). The highest BCUT2D eigenvalue weighted by molar-refractivity contribution is 5.96. The number of carboxylic acid groups (broad SMARTS) is 1. The van der Waals surface area contributed by atoms with Gasteiger partial charge in [-0.3, -0.25) is 4.79 Å². The van der Waals surface area contributed by atoms with E-state index in [0.29, 0.717) is 5.56 Å². The summed E-state index contributed by atoms with van der Waals surface area (Å²) < 4.78 is 26.8. The van der Waals surface area contributed by atoms with Crippen LogP contribution in [-0.2, 0) is 4.79 Å². The molecule has 0 bridgehead atoms. The summed E-state index contributed by atoms with van der Waals surface area (Å²) >= 11 is 0. The minimum absolute atomic E-state index is 0.0401. The maximum atomic E-state index is 13.9. The van der Waals surface area contributed by atoms with E-state index in [0.717, 1.165) is 11.0 Å². The fraction of sp³-hybridized carbons (Fsp3) is 0.385. The van der Waals surface area contributed by atoms with E-state index in [9.17, 15) is 18.4 Å². The van der Waals surface area contributed by atoms with E-state index in [1.807, 2.05) is 0 Å². The minimum atomic E-state index is -2.39. The van der Waals surface area contributed by atoms with Crippen LogP contribution >= 0.6 is 0 Å². The van der Waals surface area contributed by atoms with Crippen LogP contribution in [0.25, 0.3) is 0 Å². The molecule has 1 atom stereocenters. The SMILES string of the molecule is Cc1cc(F)ccc1C(=O)N1CCC(F)(C(=O)O)C1. The number of hydrogen-bond acceptors (Lipinski definition) is 2. The molecule has 0 spiro atoms. The van der Waals surface area contributed by atoms with Crippen molar-refractivity contribution in [2.24, 2.45) is 0 Å². The van der Waals surface area contributed by atoms with Crippen LogP contribution in [0.2, 0.25) is 0 Å². The number of aryl methyl sites for hydroxylation is 1. The normalized spacial score (nSPS) is 22.6. The van der Waals surface area contributed by atoms with Crippen LogP contribution in [0.5, 0.6) is 0 Å². The third-order valence-electron chi connectivity index (χ3n) is 3.31. The van der Waals surface area contributed by atoms with Crippen molar-refractivity contribution in [1.29, 1.82) is 0 Å². The van der Waals surface area contributed by atoms with Gasteiger partial charge in [0.15, 0.2) is 0 Å². The molecule has 19 heavy (non-hydrogen) atoms. The lowest BCUT2D eigenvalue weighted by molar-refractivity contribution is -0.149. The second-order valence-corrected chi connectivity index (χ2v) is 4.71. The molecule has 0 aromatic heterocycles. The number of hydrogen-bond donors (Lipinski definition) is 1. The average molecular weight is 269 g/mol. The van der Waals surface area contributed by atoms with Gasteiger partial charge in [-0.1, -0.05) is 0 Å². The van der Waals surface area contributed by atoms with Gasteiger partial charge in [0, 0.05) is 18.5 Å². The van der Waals surface area contributed by atoms with E-state index >= 15 is 0 Å². The third-order valence-corrected chi connectivity index (χ3v) is 3.31. The van der Waals surface area contributed by atoms with E-state index in [1.165, 1.54) is 12.1 Å². The van der Waals surface area contributed by atoms with Crippen LogP contribution in [0.3, 0.4) is 0 Å². The number of aliphatic carboxylic acids is 1. The van der Waals surface area contributed by atoms with E-state index in [4.69, 9.17) is 5.11 Å². The Kier molecular flexibility index (Phi) is 3.26. The first-order chi connectivity index (χ1) is 8.83. The Labute approximate surface area is 108 Å². The molecule has 0 aliphatic carbocycles. The molecule has 1 saturated heterocycles. The number of halogens is 2. The van der Waals surface area contributed by atoms with Gasteiger partial charge in [0.25, 0.3) is 5.91 Å². The van der Waals surface area contributed by atoms with E-state index in [1.54, 1.807) is 6.92 Å². The lowest BCUT2D eigenvalue weighted by atomic mass is 10.1. The lowest BCUT2D eigenvalue weighted by Gasteiger charge is -2.18. The Morgan fingerprint density at radius 3 is 2.63 bits per heavy atom. The molecule has 6 heteroatoms. The molecule has 2 rings (SSSR count). The number of amides is 1. The highest BCUT2D eigenvalue weighted by Gasteiger charge is 2.47. The monoisotopic (exact) mass is 269 g/mol. The van der Waals surface area contributed by atoms with Gasteiger partial charge in [-0.2, -0.15) is 0 Å². The predicted molar refractivity (Wildman–Crippen MR) is 63.1 cm³/mol. The van der Waals surface area contributed by atoms with Crippen molar-refractivity contribution < 1.29 is 23.5 Å². The van der Waals surface area contributed by atoms with Gasteiger partial charge in [0.1, 0.15) is 5.82 Å². The number of carboxylic acids is 1. The summed E-state index contributed by atoms with van der Waals surface area (Å²) in [6.45, 7) is 1.14. The molecule has 0 saturated carbocycles. The Bertz CT molecular complexity index is 547. The quantitative estimate of drug-likeness (QED) is 0.890. The number of rotatable bonds is 2. The van der Waals surface area contributed by atoms with Crippen molar-refractivity contribution in [1.82, 2.24) is 4.90 Å². The summed E-state index contributed by atoms with van der Waals surface area (Å²) in [5.74, 6) is -2.49. The molecule has 0 radical (unpaired) electrons. The number of likely N-dealkylation sites (tertiary alicyclic amines) is 1. The molecule has 1 aromatic carbocycles. The van der Waals surface area contributed by atoms with Crippen LogP contribution in [0.4, 0.5) is 8.78 Å². The highest BCUT2D eigenvalue weighted by atomic mass is 19.1. The summed E-state index contributed by atoms with van der Waals surface area (Å²) in [6, 6.07) is 3.69. The summed E-state index contributed by atoms with van der Waals surface area (Å²) in [4.78, 5) is 24.1. The summed E-state index contributed by atoms with van der Waals surface area (Å²) in [5.41, 5.74) is -1.68. The largest absolute Gasteiger partial charge is 0.479 e. The lowest BCUT2D eigenvalue weighted by Crippen LogP contribution is -2.39. The second kappa shape index (κ2) is 4.60. The van der Waals surface area contributed by atoms with Crippen molar-refractivity contribution in [3.63, 3.8) is 0 Å². The van der Waals surface area contributed by atoms with Crippen LogP contribution in [0.1, 0.15) is 22.3 Å². The molecular formula is C13H13F2NO3. The zero-order valence-electron chi connectivity index (χ0n) is 10.3. The first kappa shape index (κ1) is 13.5. The molecule has 1 unspecified atom stereocenters. The number of benzene rings is 1. The summed E-state index contributed by atoms with van der Waals surface area (Å²) in [6.07, 6.45) is -0.228. The zero-order chi connectivity index (χ0) is 14.2. The first-order valence-electron chi connectivity index (χ1n) is 5.81. The third kappa shape index (κ3) is 2.43. The molecule has 1 aliphatic heterocycles. The van der Waals surface area contributed by atoms with Crippen molar-refractivity contribution in [2.75, 3.05) is 13.1 Å². The van der Waals surface area contributed by atoms with E-state index < -0.39 is 29.9 Å². The molecule has 102 valence electrons. The highest BCUT2D eigenvalue weighted by Crippen LogP contribution is 2.27. The van der Waals surface area contributed by atoms with Crippen molar-refractivity contribution >= 4 is 11.9 Å². The summed E-state index contributed by atoms with van der Waals surface area (Å²) in [7, 11) is 0. The molecule has 1 fully saturated rings. The maximum absolute atomic E-state index is 13.9. The number of carbonyl (C=O) groups excluding carboxylic acids is 1. The molecule has 1 aliphatic rings. The van der Waals surface area contributed by atoms with Gasteiger partial charge in [0.2, 0.25) is 5.67 Å². The van der Waals surface area contributed by atoms with Gasteiger partial charge in [-0.05, 0) is 30.7 Å². The fourth-order valence-electron chi connectivity index (χ4n) is 2.16. The minimum Gasteiger partial charge on any atom is -0.479 e. The first-order valence-corrected chi connectivity index (χ1v) is 5.81. The Morgan fingerprint density at radius 2 is 2.11 bits per heavy atom. The maximum Gasteiger partial charge on any atom is 0.343 e. The molecule has 1 N–H and O–H groups in total. The fourth-order valence-corrected chi connectivity index (χ4v) is 2.16. The van der Waals surface area contributed by atoms with Crippen LogP contribution in [0, 0.1) is 12.7 Å². The van der Waals surface area contributed by atoms with Crippen LogP contribution < -0.4 is 0 Å². The van der Waals surface area contributed by atoms with Gasteiger partial charge in [-0.25, -0.2) is 13.6 Å². The molecule has 1 heterocycles. The zero-order valence-corrected chi connectivity index (χ0v) is 10.3. The van der Waals surface area contributed by atoms with Gasteiger partial charge in [0.05, 0.1) is 6.54 Å². The van der Waals surface area contributed by atoms with Crippen LogP contribution in [-0.4, -0.2) is 40.6 Å². The van der Waals surface area contributed by atoms with Crippen LogP contribution in [0.15, 0.2) is 18.2 Å². The van der Waals surface area contributed by atoms with Crippen molar-refractivity contribution in [2.45, 2.75) is 19.0 Å². The topological polar surface area (TPSA) is 57.6 Å². The smallest absolute Gasteiger partial charge is 0.343 e. The molecule has 4 nitrogen and oxygen atoms in total. The van der Waals surface area contributed by atoms with Crippen molar-refractivity contribution in [3.8, 4) is 0 Å².